The number of aliphatic hydroxyl groups is 1. The molecule has 0 saturated heterocycles. The zero-order valence-corrected chi connectivity index (χ0v) is 14.2. The molecule has 1 aromatic carbocycles. The molecule has 1 atom stereocenters. The van der Waals surface area contributed by atoms with E-state index < -0.39 is 6.10 Å². The minimum absolute atomic E-state index is 0.0501. The Hall–Kier alpha value is -1.75. The van der Waals surface area contributed by atoms with Gasteiger partial charge in [0.1, 0.15) is 5.75 Å². The van der Waals surface area contributed by atoms with Gasteiger partial charge in [-0.3, -0.25) is 0 Å². The number of ether oxygens (including phenoxy) is 1. The second-order valence-electron chi connectivity index (χ2n) is 5.88. The molecule has 0 aliphatic heterocycles. The maximum atomic E-state index is 12.2. The van der Waals surface area contributed by atoms with Gasteiger partial charge in [-0.2, -0.15) is 0 Å². The molecule has 0 saturated carbocycles. The predicted molar refractivity (Wildman–Crippen MR) is 88.4 cm³/mol. The van der Waals surface area contributed by atoms with E-state index in [1.54, 1.807) is 18.9 Å². The smallest absolute Gasteiger partial charge is 0.317 e. The highest BCUT2D eigenvalue weighted by Gasteiger charge is 2.18. The summed E-state index contributed by atoms with van der Waals surface area (Å²) >= 11 is 0. The van der Waals surface area contributed by atoms with Crippen molar-refractivity contribution in [2.45, 2.75) is 46.3 Å². The Morgan fingerprint density at radius 1 is 1.36 bits per heavy atom. The molecule has 1 unspecified atom stereocenters. The molecule has 0 radical (unpaired) electrons. The van der Waals surface area contributed by atoms with E-state index in [1.165, 1.54) is 0 Å². The van der Waals surface area contributed by atoms with Gasteiger partial charge in [0.15, 0.2) is 0 Å². The van der Waals surface area contributed by atoms with Crippen molar-refractivity contribution in [3.63, 3.8) is 0 Å². The van der Waals surface area contributed by atoms with Gasteiger partial charge in [-0.05, 0) is 51.3 Å². The van der Waals surface area contributed by atoms with Gasteiger partial charge >= 0.3 is 6.03 Å². The molecule has 124 valence electrons. The summed E-state index contributed by atoms with van der Waals surface area (Å²) in [6.07, 6.45) is 0.206. The van der Waals surface area contributed by atoms with Crippen molar-refractivity contribution in [2.75, 3.05) is 20.2 Å². The minimum atomic E-state index is -0.533. The molecule has 5 nitrogen and oxygen atoms in total. The summed E-state index contributed by atoms with van der Waals surface area (Å²) in [5.41, 5.74) is 2.22. The van der Waals surface area contributed by atoms with Crippen LogP contribution in [0.2, 0.25) is 0 Å². The number of nitrogens with one attached hydrogen (secondary N) is 1. The Kier molecular flexibility index (Phi) is 7.18. The summed E-state index contributed by atoms with van der Waals surface area (Å²) < 4.78 is 5.30. The predicted octanol–water partition coefficient (Wildman–Crippen LogP) is 2.35. The summed E-state index contributed by atoms with van der Waals surface area (Å²) in [6, 6.07) is 5.96. The van der Waals surface area contributed by atoms with Crippen molar-refractivity contribution >= 4 is 6.03 Å². The summed E-state index contributed by atoms with van der Waals surface area (Å²) in [5, 5.41) is 12.4. The number of rotatable bonds is 7. The first-order valence-corrected chi connectivity index (χ1v) is 7.71. The molecule has 1 aromatic rings. The van der Waals surface area contributed by atoms with Gasteiger partial charge in [0.2, 0.25) is 0 Å². The van der Waals surface area contributed by atoms with Gasteiger partial charge in [-0.25, -0.2) is 4.79 Å². The summed E-state index contributed by atoms with van der Waals surface area (Å²) in [7, 11) is 1.66. The molecule has 2 N–H and O–H groups in total. The number of hydrogen-bond donors (Lipinski definition) is 2. The summed E-state index contributed by atoms with van der Waals surface area (Å²) in [4.78, 5) is 13.8. The molecule has 0 aliphatic carbocycles. The number of hydrogen-bond acceptors (Lipinski definition) is 3. The van der Waals surface area contributed by atoms with Crippen molar-refractivity contribution in [3.8, 4) is 5.75 Å². The molecule has 0 aromatic heterocycles. The van der Waals surface area contributed by atoms with Crippen LogP contribution in [0.3, 0.4) is 0 Å². The van der Waals surface area contributed by atoms with Crippen molar-refractivity contribution in [1.29, 1.82) is 0 Å². The first kappa shape index (κ1) is 18.3. The summed E-state index contributed by atoms with van der Waals surface area (Å²) in [6.45, 7) is 8.44. The van der Waals surface area contributed by atoms with Crippen molar-refractivity contribution in [2.24, 2.45) is 0 Å². The molecule has 0 bridgehead atoms. The summed E-state index contributed by atoms with van der Waals surface area (Å²) in [5.74, 6) is 0.863. The number of methoxy groups -OCH3 is 1. The highest BCUT2D eigenvalue weighted by molar-refractivity contribution is 5.74. The molecular weight excluding hydrogens is 280 g/mol. The molecular formula is C17H28N2O3. The quantitative estimate of drug-likeness (QED) is 0.813. The van der Waals surface area contributed by atoms with Gasteiger partial charge in [0, 0.05) is 19.1 Å². The number of benzene rings is 1. The van der Waals surface area contributed by atoms with Crippen LogP contribution in [0.15, 0.2) is 18.2 Å². The average Bonchev–Trinajstić information content (AvgIpc) is 2.45. The monoisotopic (exact) mass is 308 g/mol. The maximum Gasteiger partial charge on any atom is 0.317 e. The van der Waals surface area contributed by atoms with E-state index in [9.17, 15) is 9.90 Å². The number of aliphatic hydroxyl groups excluding tert-OH is 1. The SMILES string of the molecule is COc1cc(CCNC(=O)N(CC(C)O)C(C)C)ccc1C. The molecule has 0 fully saturated rings. The van der Waals surface area contributed by atoms with Crippen molar-refractivity contribution in [1.82, 2.24) is 10.2 Å². The van der Waals surface area contributed by atoms with Crippen molar-refractivity contribution < 1.29 is 14.6 Å². The van der Waals surface area contributed by atoms with Crippen LogP contribution in [0.25, 0.3) is 0 Å². The number of carbonyl (C=O) groups is 1. The average molecular weight is 308 g/mol. The number of aryl methyl sites for hydroxylation is 1. The minimum Gasteiger partial charge on any atom is -0.496 e. The van der Waals surface area contributed by atoms with E-state index in [1.807, 2.05) is 39.0 Å². The second kappa shape index (κ2) is 8.63. The van der Waals surface area contributed by atoms with E-state index >= 15 is 0 Å². The van der Waals surface area contributed by atoms with E-state index in [4.69, 9.17) is 4.74 Å². The lowest BCUT2D eigenvalue weighted by molar-refractivity contribution is 0.119. The molecule has 5 heteroatoms. The third-order valence-corrected chi connectivity index (χ3v) is 3.51. The van der Waals surface area contributed by atoms with Gasteiger partial charge in [-0.1, -0.05) is 12.1 Å². The fraction of sp³-hybridized carbons (Fsp3) is 0.588. The van der Waals surface area contributed by atoms with Crippen LogP contribution in [-0.2, 0) is 6.42 Å². The lowest BCUT2D eigenvalue weighted by atomic mass is 10.1. The van der Waals surface area contributed by atoms with Gasteiger partial charge in [0.25, 0.3) is 0 Å². The number of nitrogens with zero attached hydrogens (tertiary/aromatic N) is 1. The van der Waals surface area contributed by atoms with Crippen LogP contribution < -0.4 is 10.1 Å². The van der Waals surface area contributed by atoms with Crippen LogP contribution in [0.1, 0.15) is 31.9 Å². The topological polar surface area (TPSA) is 61.8 Å². The molecule has 22 heavy (non-hydrogen) atoms. The molecule has 1 rings (SSSR count). The van der Waals surface area contributed by atoms with Crippen LogP contribution in [0.4, 0.5) is 4.79 Å². The zero-order valence-electron chi connectivity index (χ0n) is 14.2. The first-order chi connectivity index (χ1) is 10.3. The number of carbonyl (C=O) groups excluding carboxylic acids is 1. The van der Waals surface area contributed by atoms with Gasteiger partial charge in [-0.15, -0.1) is 0 Å². The third-order valence-electron chi connectivity index (χ3n) is 3.51. The fourth-order valence-corrected chi connectivity index (χ4v) is 2.25. The Bertz CT molecular complexity index is 487. The van der Waals surface area contributed by atoms with Gasteiger partial charge < -0.3 is 20.1 Å². The normalized spacial score (nSPS) is 12.1. The van der Waals surface area contributed by atoms with Crippen LogP contribution >= 0.6 is 0 Å². The standard InChI is InChI=1S/C17H28N2O3/c1-12(2)19(11-14(4)20)17(21)18-9-8-15-7-6-13(3)16(10-15)22-5/h6-7,10,12,14,20H,8-9,11H2,1-5H3,(H,18,21). The Morgan fingerprint density at radius 3 is 2.59 bits per heavy atom. The van der Waals surface area contributed by atoms with Crippen LogP contribution in [-0.4, -0.2) is 48.4 Å². The van der Waals surface area contributed by atoms with Gasteiger partial charge in [0.05, 0.1) is 13.2 Å². The molecule has 0 spiro atoms. The fourth-order valence-electron chi connectivity index (χ4n) is 2.25. The Labute approximate surface area is 133 Å². The third kappa shape index (κ3) is 5.56. The Morgan fingerprint density at radius 2 is 2.05 bits per heavy atom. The number of amides is 2. The largest absolute Gasteiger partial charge is 0.496 e. The maximum absolute atomic E-state index is 12.2. The van der Waals surface area contributed by atoms with E-state index in [2.05, 4.69) is 5.32 Å². The van der Waals surface area contributed by atoms with E-state index in [0.29, 0.717) is 13.1 Å². The Balaban J connectivity index is 2.53. The molecule has 0 aliphatic rings. The molecule has 0 heterocycles. The first-order valence-electron chi connectivity index (χ1n) is 7.71. The highest BCUT2D eigenvalue weighted by atomic mass is 16.5. The van der Waals surface area contributed by atoms with E-state index in [-0.39, 0.29) is 12.1 Å². The van der Waals surface area contributed by atoms with E-state index in [0.717, 1.165) is 23.3 Å². The van der Waals surface area contributed by atoms with Crippen molar-refractivity contribution in [3.05, 3.63) is 29.3 Å². The lowest BCUT2D eigenvalue weighted by Gasteiger charge is -2.28. The lowest BCUT2D eigenvalue weighted by Crippen LogP contribution is -2.47. The van der Waals surface area contributed by atoms with Crippen LogP contribution in [0, 0.1) is 6.92 Å². The second-order valence-corrected chi connectivity index (χ2v) is 5.88. The number of urea groups is 1. The molecule has 2 amide bonds. The highest BCUT2D eigenvalue weighted by Crippen LogP contribution is 2.19. The van der Waals surface area contributed by atoms with Crippen LogP contribution in [0.5, 0.6) is 5.75 Å². The zero-order chi connectivity index (χ0) is 16.7.